The van der Waals surface area contributed by atoms with Crippen molar-refractivity contribution >= 4 is 45.4 Å². The van der Waals surface area contributed by atoms with Gasteiger partial charge in [0.1, 0.15) is 11.5 Å². The number of benzene rings is 1. The second kappa shape index (κ2) is 8.15. The molecule has 3 aromatic rings. The molecule has 27 heavy (non-hydrogen) atoms. The fourth-order valence-corrected chi connectivity index (χ4v) is 3.28. The SMILES string of the molecule is COc1cc(NC(=O)c2ccc(NC(=O)c3ccco3)s2)c(OC)cc1Cl. The Kier molecular flexibility index (Phi) is 5.68. The monoisotopic (exact) mass is 406 g/mol. The summed E-state index contributed by atoms with van der Waals surface area (Å²) in [5.74, 6) is 0.244. The summed E-state index contributed by atoms with van der Waals surface area (Å²) in [5.41, 5.74) is 0.415. The van der Waals surface area contributed by atoms with E-state index in [-0.39, 0.29) is 11.7 Å². The summed E-state index contributed by atoms with van der Waals surface area (Å²) in [4.78, 5) is 24.9. The van der Waals surface area contributed by atoms with Gasteiger partial charge in [0.05, 0.1) is 41.1 Å². The lowest BCUT2D eigenvalue weighted by Crippen LogP contribution is -2.11. The third-order valence-corrected chi connectivity index (χ3v) is 4.83. The number of amides is 2. The molecular weight excluding hydrogens is 392 g/mol. The standard InChI is InChI=1S/C18H15ClN2O5S/c1-24-13-9-11(14(25-2)8-10(13)19)20-18(23)15-5-6-16(27-15)21-17(22)12-4-3-7-26-12/h3-9H,1-2H3,(H,20,23)(H,21,22). The molecule has 0 bridgehead atoms. The van der Waals surface area contributed by atoms with Crippen molar-refractivity contribution in [1.29, 1.82) is 0 Å². The molecule has 1 aromatic carbocycles. The van der Waals surface area contributed by atoms with Crippen LogP contribution in [0.25, 0.3) is 0 Å². The highest BCUT2D eigenvalue weighted by Crippen LogP contribution is 2.36. The largest absolute Gasteiger partial charge is 0.495 e. The Bertz CT molecular complexity index is 968. The molecule has 0 saturated heterocycles. The summed E-state index contributed by atoms with van der Waals surface area (Å²) in [7, 11) is 2.95. The summed E-state index contributed by atoms with van der Waals surface area (Å²) in [6.45, 7) is 0. The van der Waals surface area contributed by atoms with Crippen LogP contribution in [-0.4, -0.2) is 26.0 Å². The fourth-order valence-electron chi connectivity index (χ4n) is 2.25. The zero-order chi connectivity index (χ0) is 19.4. The molecule has 0 aliphatic carbocycles. The zero-order valence-electron chi connectivity index (χ0n) is 14.4. The fraction of sp³-hybridized carbons (Fsp3) is 0.111. The van der Waals surface area contributed by atoms with Crippen LogP contribution < -0.4 is 20.1 Å². The van der Waals surface area contributed by atoms with Crippen LogP contribution >= 0.6 is 22.9 Å². The molecule has 0 aliphatic rings. The average molecular weight is 407 g/mol. The highest BCUT2D eigenvalue weighted by Gasteiger charge is 2.16. The Morgan fingerprint density at radius 2 is 1.81 bits per heavy atom. The third kappa shape index (κ3) is 4.24. The van der Waals surface area contributed by atoms with Crippen LogP contribution in [0.1, 0.15) is 20.2 Å². The van der Waals surface area contributed by atoms with E-state index in [2.05, 4.69) is 10.6 Å². The molecule has 0 spiro atoms. The summed E-state index contributed by atoms with van der Waals surface area (Å²) in [5, 5.41) is 6.31. The first-order valence-electron chi connectivity index (χ1n) is 7.69. The van der Waals surface area contributed by atoms with Gasteiger partial charge < -0.3 is 24.5 Å². The van der Waals surface area contributed by atoms with Gasteiger partial charge in [-0.3, -0.25) is 9.59 Å². The van der Waals surface area contributed by atoms with Crippen molar-refractivity contribution in [3.8, 4) is 11.5 Å². The van der Waals surface area contributed by atoms with Crippen molar-refractivity contribution in [2.75, 3.05) is 24.9 Å². The molecule has 0 saturated carbocycles. The Morgan fingerprint density at radius 3 is 2.48 bits per heavy atom. The number of nitrogens with one attached hydrogen (secondary N) is 2. The van der Waals surface area contributed by atoms with Crippen LogP contribution in [0.2, 0.25) is 5.02 Å². The molecule has 140 valence electrons. The van der Waals surface area contributed by atoms with Crippen LogP contribution in [0, 0.1) is 0 Å². The number of furan rings is 1. The van der Waals surface area contributed by atoms with E-state index in [1.807, 2.05) is 0 Å². The number of anilines is 2. The topological polar surface area (TPSA) is 89.8 Å². The summed E-state index contributed by atoms with van der Waals surface area (Å²) in [6, 6.07) is 9.55. The number of hydrogen-bond donors (Lipinski definition) is 2. The van der Waals surface area contributed by atoms with E-state index in [1.165, 1.54) is 20.5 Å². The van der Waals surface area contributed by atoms with Crippen molar-refractivity contribution in [2.24, 2.45) is 0 Å². The molecular formula is C18H15ClN2O5S. The predicted molar refractivity (Wildman–Crippen MR) is 103 cm³/mol. The lowest BCUT2D eigenvalue weighted by molar-refractivity contribution is 0.0995. The van der Waals surface area contributed by atoms with Crippen molar-refractivity contribution in [1.82, 2.24) is 0 Å². The Morgan fingerprint density at radius 1 is 1.04 bits per heavy atom. The van der Waals surface area contributed by atoms with Crippen LogP contribution in [0.5, 0.6) is 11.5 Å². The van der Waals surface area contributed by atoms with Crippen LogP contribution in [0.15, 0.2) is 47.1 Å². The number of halogens is 1. The van der Waals surface area contributed by atoms with Crippen LogP contribution in [0.4, 0.5) is 10.7 Å². The van der Waals surface area contributed by atoms with E-state index in [1.54, 1.807) is 36.4 Å². The molecule has 2 aromatic heterocycles. The Labute approximate surface area is 163 Å². The maximum absolute atomic E-state index is 12.5. The number of thiophene rings is 1. The van der Waals surface area contributed by atoms with Gasteiger partial charge in [0.2, 0.25) is 0 Å². The third-order valence-electron chi connectivity index (χ3n) is 3.53. The Hall–Kier alpha value is -2.97. The molecule has 3 rings (SSSR count). The van der Waals surface area contributed by atoms with E-state index < -0.39 is 5.91 Å². The van der Waals surface area contributed by atoms with Crippen molar-refractivity contribution in [2.45, 2.75) is 0 Å². The first-order valence-corrected chi connectivity index (χ1v) is 8.89. The normalized spacial score (nSPS) is 10.3. The molecule has 7 nitrogen and oxygen atoms in total. The number of hydrogen-bond acceptors (Lipinski definition) is 6. The van der Waals surface area contributed by atoms with E-state index in [0.717, 1.165) is 11.3 Å². The van der Waals surface area contributed by atoms with E-state index in [4.69, 9.17) is 25.5 Å². The van der Waals surface area contributed by atoms with Gasteiger partial charge >= 0.3 is 0 Å². The molecule has 2 amide bonds. The number of methoxy groups -OCH3 is 2. The first kappa shape index (κ1) is 18.8. The maximum atomic E-state index is 12.5. The van der Waals surface area contributed by atoms with Gasteiger partial charge in [0.15, 0.2) is 5.76 Å². The van der Waals surface area contributed by atoms with Gasteiger partial charge in [-0.2, -0.15) is 0 Å². The van der Waals surface area contributed by atoms with Crippen molar-refractivity contribution < 1.29 is 23.5 Å². The minimum absolute atomic E-state index is 0.187. The van der Waals surface area contributed by atoms with Gasteiger partial charge in [-0.15, -0.1) is 11.3 Å². The summed E-state index contributed by atoms with van der Waals surface area (Å²) in [6.07, 6.45) is 1.41. The van der Waals surface area contributed by atoms with Crippen LogP contribution in [-0.2, 0) is 0 Å². The molecule has 2 heterocycles. The summed E-state index contributed by atoms with van der Waals surface area (Å²) < 4.78 is 15.4. The molecule has 0 atom stereocenters. The minimum Gasteiger partial charge on any atom is -0.495 e. The van der Waals surface area contributed by atoms with Gasteiger partial charge in [-0.05, 0) is 24.3 Å². The van der Waals surface area contributed by atoms with Crippen molar-refractivity contribution in [3.05, 3.63) is 58.3 Å². The van der Waals surface area contributed by atoms with E-state index in [0.29, 0.717) is 32.1 Å². The number of carbonyl (C=O) groups is 2. The Balaban J connectivity index is 1.74. The van der Waals surface area contributed by atoms with Gasteiger partial charge in [-0.1, -0.05) is 11.6 Å². The van der Waals surface area contributed by atoms with Gasteiger partial charge in [-0.25, -0.2) is 0 Å². The lowest BCUT2D eigenvalue weighted by Gasteiger charge is -2.12. The molecule has 0 unspecified atom stereocenters. The lowest BCUT2D eigenvalue weighted by atomic mass is 10.2. The molecule has 2 N–H and O–H groups in total. The van der Waals surface area contributed by atoms with E-state index in [9.17, 15) is 9.59 Å². The summed E-state index contributed by atoms with van der Waals surface area (Å²) >= 11 is 7.19. The molecule has 0 radical (unpaired) electrons. The minimum atomic E-state index is -0.391. The van der Waals surface area contributed by atoms with Gasteiger partial charge in [0.25, 0.3) is 11.8 Å². The highest BCUT2D eigenvalue weighted by atomic mass is 35.5. The number of rotatable bonds is 6. The number of ether oxygens (including phenoxy) is 2. The zero-order valence-corrected chi connectivity index (χ0v) is 15.9. The molecule has 9 heteroatoms. The molecule has 0 fully saturated rings. The highest BCUT2D eigenvalue weighted by molar-refractivity contribution is 7.18. The number of carbonyl (C=O) groups excluding carboxylic acids is 2. The van der Waals surface area contributed by atoms with Crippen molar-refractivity contribution in [3.63, 3.8) is 0 Å². The van der Waals surface area contributed by atoms with E-state index >= 15 is 0 Å². The smallest absolute Gasteiger partial charge is 0.291 e. The first-order chi connectivity index (χ1) is 13.0. The second-order valence-electron chi connectivity index (χ2n) is 5.24. The quantitative estimate of drug-likeness (QED) is 0.628. The second-order valence-corrected chi connectivity index (χ2v) is 6.73. The predicted octanol–water partition coefficient (Wildman–Crippen LogP) is 4.52. The average Bonchev–Trinajstić information content (AvgIpc) is 3.34. The van der Waals surface area contributed by atoms with Crippen LogP contribution in [0.3, 0.4) is 0 Å². The molecule has 0 aliphatic heterocycles. The maximum Gasteiger partial charge on any atom is 0.291 e. The van der Waals surface area contributed by atoms with Gasteiger partial charge in [0, 0.05) is 12.1 Å².